The van der Waals surface area contributed by atoms with E-state index in [0.29, 0.717) is 23.6 Å². The fraction of sp³-hybridized carbons (Fsp3) is 0.467. The minimum atomic E-state index is -4.45. The zero-order chi connectivity index (χ0) is 17.0. The van der Waals surface area contributed by atoms with Gasteiger partial charge in [-0.15, -0.1) is 12.4 Å². The van der Waals surface area contributed by atoms with Crippen LogP contribution < -0.4 is 11.1 Å². The monoisotopic (exact) mass is 365 g/mol. The van der Waals surface area contributed by atoms with E-state index in [9.17, 15) is 22.8 Å². The van der Waals surface area contributed by atoms with Gasteiger partial charge in [0.2, 0.25) is 11.8 Å². The van der Waals surface area contributed by atoms with Gasteiger partial charge in [0.1, 0.15) is 6.54 Å². The molecule has 0 bridgehead atoms. The predicted molar refractivity (Wildman–Crippen MR) is 85.6 cm³/mol. The molecule has 24 heavy (non-hydrogen) atoms. The zero-order valence-corrected chi connectivity index (χ0v) is 13.6. The lowest BCUT2D eigenvalue weighted by atomic mass is 10.1. The molecule has 1 fully saturated rings. The van der Waals surface area contributed by atoms with Crippen LogP contribution in [0, 0.1) is 5.92 Å². The molecule has 1 aliphatic heterocycles. The highest BCUT2D eigenvalue weighted by atomic mass is 35.5. The molecule has 5 nitrogen and oxygen atoms in total. The summed E-state index contributed by atoms with van der Waals surface area (Å²) in [6.07, 6.45) is -4.04. The first-order valence-corrected chi connectivity index (χ1v) is 7.21. The Kier molecular flexibility index (Phi) is 6.89. The van der Waals surface area contributed by atoms with Crippen molar-refractivity contribution in [1.29, 1.82) is 0 Å². The molecule has 2 rings (SSSR count). The summed E-state index contributed by atoms with van der Waals surface area (Å²) in [6.45, 7) is -1.14. The van der Waals surface area contributed by atoms with Crippen LogP contribution in [-0.4, -0.2) is 42.5 Å². The standard InChI is InChI=1S/C15H18F3N3O2.ClH/c16-15(17,18)9-21-8-11(7-13(21)22)14(23)20-6-5-10-1-3-12(19)4-2-10;/h1-4,11H,5-9,19H2,(H,20,23);1H. The van der Waals surface area contributed by atoms with Gasteiger partial charge < -0.3 is 16.0 Å². The van der Waals surface area contributed by atoms with E-state index in [4.69, 9.17) is 5.73 Å². The largest absolute Gasteiger partial charge is 0.406 e. The Labute approximate surface area is 143 Å². The van der Waals surface area contributed by atoms with Crippen molar-refractivity contribution < 1.29 is 22.8 Å². The maximum atomic E-state index is 12.3. The topological polar surface area (TPSA) is 75.4 Å². The molecule has 1 saturated heterocycles. The number of benzene rings is 1. The van der Waals surface area contributed by atoms with Crippen LogP contribution in [-0.2, 0) is 16.0 Å². The number of carbonyl (C=O) groups is 2. The van der Waals surface area contributed by atoms with Gasteiger partial charge in [-0.2, -0.15) is 13.2 Å². The first kappa shape index (κ1) is 20.1. The normalized spacial score (nSPS) is 17.5. The number of rotatable bonds is 5. The Morgan fingerprint density at radius 3 is 2.50 bits per heavy atom. The van der Waals surface area contributed by atoms with E-state index in [0.717, 1.165) is 5.56 Å². The first-order chi connectivity index (χ1) is 10.7. The van der Waals surface area contributed by atoms with Crippen LogP contribution in [0.5, 0.6) is 0 Å². The number of nitrogen functional groups attached to an aromatic ring is 1. The average Bonchev–Trinajstić information content (AvgIpc) is 2.80. The smallest absolute Gasteiger partial charge is 0.399 e. The summed E-state index contributed by atoms with van der Waals surface area (Å²) in [5.41, 5.74) is 7.20. The average molecular weight is 366 g/mol. The minimum absolute atomic E-state index is 0. The van der Waals surface area contributed by atoms with Gasteiger partial charge in [-0.3, -0.25) is 9.59 Å². The number of likely N-dealkylation sites (tertiary alicyclic amines) is 1. The Morgan fingerprint density at radius 1 is 1.29 bits per heavy atom. The second kappa shape index (κ2) is 8.23. The number of nitrogens with one attached hydrogen (secondary N) is 1. The van der Waals surface area contributed by atoms with E-state index in [1.54, 1.807) is 12.1 Å². The van der Waals surface area contributed by atoms with Crippen molar-refractivity contribution in [3.63, 3.8) is 0 Å². The predicted octanol–water partition coefficient (Wildman–Crippen LogP) is 1.76. The maximum absolute atomic E-state index is 12.3. The van der Waals surface area contributed by atoms with Crippen LogP contribution in [0.3, 0.4) is 0 Å². The Morgan fingerprint density at radius 2 is 1.92 bits per heavy atom. The number of alkyl halides is 3. The van der Waals surface area contributed by atoms with Gasteiger partial charge in [0, 0.05) is 25.2 Å². The summed E-state index contributed by atoms with van der Waals surface area (Å²) in [4.78, 5) is 24.2. The maximum Gasteiger partial charge on any atom is 0.406 e. The number of carbonyl (C=O) groups excluding carboxylic acids is 2. The molecular formula is C15H19ClF3N3O2. The molecule has 0 spiro atoms. The van der Waals surface area contributed by atoms with Gasteiger partial charge in [-0.05, 0) is 24.1 Å². The lowest BCUT2D eigenvalue weighted by Crippen LogP contribution is -2.37. The van der Waals surface area contributed by atoms with Crippen molar-refractivity contribution >= 4 is 29.9 Å². The molecule has 3 N–H and O–H groups in total. The van der Waals surface area contributed by atoms with E-state index < -0.39 is 30.5 Å². The SMILES string of the molecule is Cl.Nc1ccc(CCNC(=O)C2CC(=O)N(CC(F)(F)F)C2)cc1. The van der Waals surface area contributed by atoms with E-state index >= 15 is 0 Å². The lowest BCUT2D eigenvalue weighted by Gasteiger charge is -2.18. The third-order valence-electron chi connectivity index (χ3n) is 3.65. The van der Waals surface area contributed by atoms with Gasteiger partial charge in [-0.1, -0.05) is 12.1 Å². The molecule has 0 aliphatic carbocycles. The molecule has 134 valence electrons. The van der Waals surface area contributed by atoms with Crippen molar-refractivity contribution in [2.24, 2.45) is 5.92 Å². The number of halogens is 4. The molecule has 1 aromatic carbocycles. The minimum Gasteiger partial charge on any atom is -0.399 e. The van der Waals surface area contributed by atoms with E-state index in [2.05, 4.69) is 5.32 Å². The van der Waals surface area contributed by atoms with Gasteiger partial charge >= 0.3 is 6.18 Å². The number of nitrogens with two attached hydrogens (primary N) is 1. The zero-order valence-electron chi connectivity index (χ0n) is 12.8. The molecule has 1 unspecified atom stereocenters. The van der Waals surface area contributed by atoms with Crippen molar-refractivity contribution in [3.05, 3.63) is 29.8 Å². The highest BCUT2D eigenvalue weighted by molar-refractivity contribution is 5.89. The molecule has 1 aromatic rings. The van der Waals surface area contributed by atoms with Crippen molar-refractivity contribution in [3.8, 4) is 0 Å². The van der Waals surface area contributed by atoms with Gasteiger partial charge in [0.15, 0.2) is 0 Å². The Hall–Kier alpha value is -1.96. The fourth-order valence-electron chi connectivity index (χ4n) is 2.48. The highest BCUT2D eigenvalue weighted by Gasteiger charge is 2.40. The molecule has 0 aromatic heterocycles. The third kappa shape index (κ3) is 5.92. The number of hydrogen-bond donors (Lipinski definition) is 2. The van der Waals surface area contributed by atoms with E-state index in [-0.39, 0.29) is 25.4 Å². The summed E-state index contributed by atoms with van der Waals surface area (Å²) < 4.78 is 37.0. The summed E-state index contributed by atoms with van der Waals surface area (Å²) in [6, 6.07) is 7.18. The summed E-state index contributed by atoms with van der Waals surface area (Å²) in [7, 11) is 0. The quantitative estimate of drug-likeness (QED) is 0.781. The molecule has 9 heteroatoms. The summed E-state index contributed by atoms with van der Waals surface area (Å²) >= 11 is 0. The molecule has 1 heterocycles. The van der Waals surface area contributed by atoms with Crippen molar-refractivity contribution in [2.75, 3.05) is 25.4 Å². The van der Waals surface area contributed by atoms with Crippen LogP contribution in [0.1, 0.15) is 12.0 Å². The fourth-order valence-corrected chi connectivity index (χ4v) is 2.48. The second-order valence-corrected chi connectivity index (χ2v) is 5.57. The number of anilines is 1. The molecule has 2 amide bonds. The van der Waals surface area contributed by atoms with Crippen LogP contribution in [0.15, 0.2) is 24.3 Å². The molecule has 0 saturated carbocycles. The number of hydrogen-bond acceptors (Lipinski definition) is 3. The van der Waals surface area contributed by atoms with Gasteiger partial charge in [-0.25, -0.2) is 0 Å². The van der Waals surface area contributed by atoms with Crippen molar-refractivity contribution in [2.45, 2.75) is 19.0 Å². The number of nitrogens with zero attached hydrogens (tertiary/aromatic N) is 1. The number of amides is 2. The third-order valence-corrected chi connectivity index (χ3v) is 3.65. The highest BCUT2D eigenvalue weighted by Crippen LogP contribution is 2.23. The van der Waals surface area contributed by atoms with Crippen LogP contribution in [0.25, 0.3) is 0 Å². The summed E-state index contributed by atoms with van der Waals surface area (Å²) in [5, 5.41) is 2.66. The Bertz CT molecular complexity index is 578. The van der Waals surface area contributed by atoms with Gasteiger partial charge in [0.25, 0.3) is 0 Å². The molecular weight excluding hydrogens is 347 g/mol. The molecule has 0 radical (unpaired) electrons. The van der Waals surface area contributed by atoms with Crippen LogP contribution in [0.2, 0.25) is 0 Å². The first-order valence-electron chi connectivity index (χ1n) is 7.21. The Balaban J connectivity index is 0.00000288. The van der Waals surface area contributed by atoms with Crippen molar-refractivity contribution in [1.82, 2.24) is 10.2 Å². The molecule has 1 aliphatic rings. The van der Waals surface area contributed by atoms with Crippen LogP contribution in [0.4, 0.5) is 18.9 Å². The van der Waals surface area contributed by atoms with Crippen LogP contribution >= 0.6 is 12.4 Å². The van der Waals surface area contributed by atoms with Gasteiger partial charge in [0.05, 0.1) is 5.92 Å². The van der Waals surface area contributed by atoms with E-state index in [1.165, 1.54) is 0 Å². The summed E-state index contributed by atoms with van der Waals surface area (Å²) in [5.74, 6) is -1.75. The lowest BCUT2D eigenvalue weighted by molar-refractivity contribution is -0.157. The van der Waals surface area contributed by atoms with E-state index in [1.807, 2.05) is 12.1 Å². The second-order valence-electron chi connectivity index (χ2n) is 5.57. The molecule has 1 atom stereocenters.